The number of aryl methyl sites for hydroxylation is 1. The van der Waals surface area contributed by atoms with Gasteiger partial charge in [-0.2, -0.15) is 13.2 Å². The summed E-state index contributed by atoms with van der Waals surface area (Å²) >= 11 is 12.2. The van der Waals surface area contributed by atoms with E-state index in [1.54, 1.807) is 12.3 Å². The Morgan fingerprint density at radius 3 is 2.60 bits per heavy atom. The van der Waals surface area contributed by atoms with Gasteiger partial charge in [-0.05, 0) is 48.2 Å². The highest BCUT2D eigenvalue weighted by Gasteiger charge is 2.31. The van der Waals surface area contributed by atoms with E-state index in [-0.39, 0.29) is 27.1 Å². The van der Waals surface area contributed by atoms with Crippen LogP contribution >= 0.6 is 23.2 Å². The van der Waals surface area contributed by atoms with Gasteiger partial charge in [0, 0.05) is 30.2 Å². The number of non-ortho nitro benzene ring substituents is 1. The summed E-state index contributed by atoms with van der Waals surface area (Å²) < 4.78 is 38.8. The molecule has 35 heavy (non-hydrogen) atoms. The van der Waals surface area contributed by atoms with Crippen LogP contribution in [0.15, 0.2) is 48.7 Å². The number of alkyl halides is 3. The maximum atomic E-state index is 12.9. The molecule has 0 saturated carbocycles. The number of fused-ring (bicyclic) bond motifs is 1. The number of nitro benzene ring substituents is 1. The molecule has 1 N–H and O–H groups in total. The molecule has 7 nitrogen and oxygen atoms in total. The van der Waals surface area contributed by atoms with Crippen LogP contribution in [-0.2, 0) is 19.1 Å². The first kappa shape index (κ1) is 24.7. The van der Waals surface area contributed by atoms with Crippen LogP contribution in [0.2, 0.25) is 10.0 Å². The van der Waals surface area contributed by atoms with Crippen LogP contribution in [0.5, 0.6) is 0 Å². The number of aromatic nitrogens is 1. The highest BCUT2D eigenvalue weighted by Crippen LogP contribution is 2.34. The van der Waals surface area contributed by atoms with Crippen LogP contribution in [0.25, 0.3) is 0 Å². The number of carbonyl (C=O) groups is 1. The standard InChI is InChI=1S/C23H17Cl2F3N4O3/c24-18-6-5-16(32(34)35)10-17(18)22(33)30-21-8-13-2-1-7-31(20(13)11-29-21)12-14-3-4-15(9-19(14)25)23(26,27)28/h3-6,8-11H,1-2,7,12H2,(H,29,30,33). The van der Waals surface area contributed by atoms with Crippen LogP contribution < -0.4 is 10.2 Å². The molecule has 0 unspecified atom stereocenters. The van der Waals surface area contributed by atoms with Gasteiger partial charge in [0.1, 0.15) is 5.82 Å². The Kier molecular flexibility index (Phi) is 6.86. The molecule has 0 spiro atoms. The molecule has 1 aromatic heterocycles. The predicted octanol–water partition coefficient (Wildman–Crippen LogP) is 6.52. The van der Waals surface area contributed by atoms with Crippen LogP contribution in [0.4, 0.5) is 30.4 Å². The molecular formula is C23H17Cl2F3N4O3. The number of nitrogens with zero attached hydrogens (tertiary/aromatic N) is 3. The van der Waals surface area contributed by atoms with E-state index in [9.17, 15) is 28.1 Å². The Morgan fingerprint density at radius 1 is 1.14 bits per heavy atom. The largest absolute Gasteiger partial charge is 0.416 e. The van der Waals surface area contributed by atoms with Gasteiger partial charge >= 0.3 is 6.18 Å². The normalized spacial score (nSPS) is 13.3. The molecular weight excluding hydrogens is 508 g/mol. The molecule has 0 aliphatic carbocycles. The van der Waals surface area contributed by atoms with Gasteiger partial charge in [0.05, 0.1) is 33.0 Å². The van der Waals surface area contributed by atoms with Crippen LogP contribution in [-0.4, -0.2) is 22.4 Å². The van der Waals surface area contributed by atoms with Crippen molar-refractivity contribution in [3.63, 3.8) is 0 Å². The van der Waals surface area contributed by atoms with Gasteiger partial charge in [-0.15, -0.1) is 0 Å². The molecule has 0 saturated heterocycles. The summed E-state index contributed by atoms with van der Waals surface area (Å²) in [7, 11) is 0. The maximum absolute atomic E-state index is 12.9. The molecule has 0 fully saturated rings. The topological polar surface area (TPSA) is 88.4 Å². The fourth-order valence-electron chi connectivity index (χ4n) is 3.83. The van der Waals surface area contributed by atoms with E-state index in [0.717, 1.165) is 35.9 Å². The molecule has 0 atom stereocenters. The number of carbonyl (C=O) groups excluding carboxylic acids is 1. The third-order valence-electron chi connectivity index (χ3n) is 5.57. The van der Waals surface area contributed by atoms with Crippen molar-refractivity contribution in [2.75, 3.05) is 16.8 Å². The minimum absolute atomic E-state index is 0.0256. The molecule has 3 aromatic rings. The zero-order valence-electron chi connectivity index (χ0n) is 17.9. The summed E-state index contributed by atoms with van der Waals surface area (Å²) in [5.41, 5.74) is 1.07. The summed E-state index contributed by atoms with van der Waals surface area (Å²) in [5, 5.41) is 13.7. The summed E-state index contributed by atoms with van der Waals surface area (Å²) in [6, 6.07) is 8.54. The first-order chi connectivity index (χ1) is 16.5. The Labute approximate surface area is 207 Å². The van der Waals surface area contributed by atoms with Crippen molar-refractivity contribution in [2.24, 2.45) is 0 Å². The van der Waals surface area contributed by atoms with Crippen molar-refractivity contribution < 1.29 is 22.9 Å². The van der Waals surface area contributed by atoms with Gasteiger partial charge in [-0.1, -0.05) is 29.3 Å². The van der Waals surface area contributed by atoms with E-state index in [2.05, 4.69) is 10.3 Å². The van der Waals surface area contributed by atoms with E-state index < -0.39 is 22.6 Å². The average molecular weight is 525 g/mol. The number of nitro groups is 1. The molecule has 1 aliphatic rings. The van der Waals surface area contributed by atoms with Crippen LogP contribution in [0.3, 0.4) is 0 Å². The van der Waals surface area contributed by atoms with E-state index in [1.165, 1.54) is 18.2 Å². The van der Waals surface area contributed by atoms with Crippen molar-refractivity contribution >= 4 is 46.3 Å². The highest BCUT2D eigenvalue weighted by atomic mass is 35.5. The Balaban J connectivity index is 1.53. The molecule has 4 rings (SSSR count). The van der Waals surface area contributed by atoms with E-state index >= 15 is 0 Å². The second-order valence-electron chi connectivity index (χ2n) is 7.90. The van der Waals surface area contributed by atoms with Crippen molar-refractivity contribution in [1.82, 2.24) is 4.98 Å². The summed E-state index contributed by atoms with van der Waals surface area (Å²) in [6.45, 7) is 0.946. The number of benzene rings is 2. The summed E-state index contributed by atoms with van der Waals surface area (Å²) in [5.74, 6) is -0.402. The lowest BCUT2D eigenvalue weighted by atomic mass is 10.0. The molecule has 2 aromatic carbocycles. The maximum Gasteiger partial charge on any atom is 0.416 e. The molecule has 1 aliphatic heterocycles. The van der Waals surface area contributed by atoms with Crippen molar-refractivity contribution in [3.8, 4) is 0 Å². The number of amides is 1. The van der Waals surface area contributed by atoms with Gasteiger partial charge in [0.25, 0.3) is 11.6 Å². The molecule has 0 radical (unpaired) electrons. The fraction of sp³-hybridized carbons (Fsp3) is 0.217. The van der Waals surface area contributed by atoms with E-state index in [0.29, 0.717) is 25.1 Å². The lowest BCUT2D eigenvalue weighted by Gasteiger charge is -2.31. The number of pyridine rings is 1. The number of nitrogens with one attached hydrogen (secondary N) is 1. The van der Waals surface area contributed by atoms with Gasteiger partial charge in [0.15, 0.2) is 0 Å². The lowest BCUT2D eigenvalue weighted by molar-refractivity contribution is -0.384. The number of halogens is 5. The Hall–Kier alpha value is -3.37. The summed E-state index contributed by atoms with van der Waals surface area (Å²) in [6.07, 6.45) is -1.43. The first-order valence-corrected chi connectivity index (χ1v) is 11.1. The van der Waals surface area contributed by atoms with Crippen LogP contribution in [0, 0.1) is 10.1 Å². The number of hydrogen-bond acceptors (Lipinski definition) is 5. The zero-order chi connectivity index (χ0) is 25.3. The molecule has 0 bridgehead atoms. The quantitative estimate of drug-likeness (QED) is 0.303. The SMILES string of the molecule is O=C(Nc1cc2c(cn1)N(Cc1ccc(C(F)(F)F)cc1Cl)CCC2)c1cc([N+](=O)[O-])ccc1Cl. The van der Waals surface area contributed by atoms with Crippen molar-refractivity contribution in [3.05, 3.63) is 91.1 Å². The van der Waals surface area contributed by atoms with Crippen LogP contribution in [0.1, 0.15) is 33.5 Å². The number of hydrogen-bond donors (Lipinski definition) is 1. The fourth-order valence-corrected chi connectivity index (χ4v) is 4.27. The Bertz CT molecular complexity index is 1320. The van der Waals surface area contributed by atoms with E-state index in [1.807, 2.05) is 4.90 Å². The van der Waals surface area contributed by atoms with E-state index in [4.69, 9.17) is 23.2 Å². The minimum Gasteiger partial charge on any atom is -0.366 e. The predicted molar refractivity (Wildman–Crippen MR) is 126 cm³/mol. The van der Waals surface area contributed by atoms with Crippen molar-refractivity contribution in [1.29, 1.82) is 0 Å². The second kappa shape index (κ2) is 9.71. The third-order valence-corrected chi connectivity index (χ3v) is 6.25. The van der Waals surface area contributed by atoms with Gasteiger partial charge in [-0.25, -0.2) is 4.98 Å². The highest BCUT2D eigenvalue weighted by molar-refractivity contribution is 6.34. The zero-order valence-corrected chi connectivity index (χ0v) is 19.4. The monoisotopic (exact) mass is 524 g/mol. The second-order valence-corrected chi connectivity index (χ2v) is 8.72. The third kappa shape index (κ3) is 5.49. The molecule has 1 amide bonds. The van der Waals surface area contributed by atoms with Gasteiger partial charge < -0.3 is 10.2 Å². The minimum atomic E-state index is -4.47. The smallest absolute Gasteiger partial charge is 0.366 e. The first-order valence-electron chi connectivity index (χ1n) is 10.4. The molecule has 182 valence electrons. The number of anilines is 2. The molecule has 12 heteroatoms. The summed E-state index contributed by atoms with van der Waals surface area (Å²) in [4.78, 5) is 29.3. The molecule has 2 heterocycles. The Morgan fingerprint density at radius 2 is 1.91 bits per heavy atom. The van der Waals surface area contributed by atoms with Gasteiger partial charge in [-0.3, -0.25) is 14.9 Å². The van der Waals surface area contributed by atoms with Crippen molar-refractivity contribution in [2.45, 2.75) is 25.6 Å². The lowest BCUT2D eigenvalue weighted by Crippen LogP contribution is -2.29. The van der Waals surface area contributed by atoms with Gasteiger partial charge in [0.2, 0.25) is 0 Å². The number of rotatable bonds is 5. The average Bonchev–Trinajstić information content (AvgIpc) is 2.79.